The van der Waals surface area contributed by atoms with Gasteiger partial charge in [0.1, 0.15) is 18.4 Å². The van der Waals surface area contributed by atoms with Crippen LogP contribution in [0.15, 0.2) is 35.7 Å². The average molecular weight is 400 g/mol. The second-order valence-corrected chi connectivity index (χ2v) is 8.13. The molecular formula is C21H25N3O3S. The van der Waals surface area contributed by atoms with E-state index in [1.165, 1.54) is 6.08 Å². The second kappa shape index (κ2) is 9.01. The second-order valence-electron chi connectivity index (χ2n) is 7.06. The zero-order valence-electron chi connectivity index (χ0n) is 16.3. The molecule has 1 unspecified atom stereocenters. The lowest BCUT2D eigenvalue weighted by molar-refractivity contribution is -0.141. The predicted octanol–water partition coefficient (Wildman–Crippen LogP) is 3.03. The Labute approximate surface area is 169 Å². The number of aromatic nitrogens is 1. The summed E-state index contributed by atoms with van der Waals surface area (Å²) in [7, 11) is 0. The van der Waals surface area contributed by atoms with Crippen LogP contribution in [0.25, 0.3) is 6.08 Å². The summed E-state index contributed by atoms with van der Waals surface area (Å²) in [5.41, 5.74) is 1.77. The minimum atomic E-state index is -0.429. The normalized spacial score (nSPS) is 17.2. The van der Waals surface area contributed by atoms with E-state index < -0.39 is 6.04 Å². The van der Waals surface area contributed by atoms with Gasteiger partial charge in [-0.2, -0.15) is 0 Å². The number of aryl methyl sites for hydroxylation is 1. The van der Waals surface area contributed by atoms with Gasteiger partial charge in [-0.15, -0.1) is 11.3 Å². The predicted molar refractivity (Wildman–Crippen MR) is 110 cm³/mol. The summed E-state index contributed by atoms with van der Waals surface area (Å²) in [4.78, 5) is 30.8. The molecule has 7 heteroatoms. The van der Waals surface area contributed by atoms with Gasteiger partial charge in [0.05, 0.1) is 10.7 Å². The molecule has 0 spiro atoms. The minimum Gasteiger partial charge on any atom is -0.487 e. The Morgan fingerprint density at radius 1 is 1.46 bits per heavy atom. The highest BCUT2D eigenvalue weighted by molar-refractivity contribution is 7.09. The zero-order chi connectivity index (χ0) is 20.1. The molecule has 28 heavy (non-hydrogen) atoms. The Kier molecular flexibility index (Phi) is 6.46. The van der Waals surface area contributed by atoms with E-state index in [9.17, 15) is 9.59 Å². The molecule has 1 saturated heterocycles. The highest BCUT2D eigenvalue weighted by Gasteiger charge is 2.34. The van der Waals surface area contributed by atoms with Gasteiger partial charge < -0.3 is 15.0 Å². The molecule has 1 aliphatic rings. The maximum absolute atomic E-state index is 12.7. The van der Waals surface area contributed by atoms with E-state index in [0.717, 1.165) is 22.0 Å². The number of benzene rings is 1. The third kappa shape index (κ3) is 4.98. The lowest BCUT2D eigenvalue weighted by atomic mass is 9.99. The number of nitrogens with one attached hydrogen (secondary N) is 1. The summed E-state index contributed by atoms with van der Waals surface area (Å²) in [6.07, 6.45) is 3.28. The van der Waals surface area contributed by atoms with Crippen molar-refractivity contribution in [3.8, 4) is 5.75 Å². The number of nitrogens with zero attached hydrogens (tertiary/aromatic N) is 2. The summed E-state index contributed by atoms with van der Waals surface area (Å²) in [5, 5.41) is 5.83. The lowest BCUT2D eigenvalue weighted by Crippen LogP contribution is -2.58. The molecule has 2 aromatic rings. The summed E-state index contributed by atoms with van der Waals surface area (Å²) < 4.78 is 5.79. The van der Waals surface area contributed by atoms with Gasteiger partial charge in [-0.1, -0.05) is 26.0 Å². The van der Waals surface area contributed by atoms with Crippen molar-refractivity contribution < 1.29 is 14.3 Å². The Morgan fingerprint density at radius 2 is 2.29 bits per heavy atom. The molecule has 0 saturated carbocycles. The van der Waals surface area contributed by atoms with Crippen LogP contribution < -0.4 is 10.1 Å². The molecule has 148 valence electrons. The number of hydrogen-bond acceptors (Lipinski definition) is 5. The fraction of sp³-hybridized carbons (Fsp3) is 0.381. The van der Waals surface area contributed by atoms with Crippen molar-refractivity contribution in [3.63, 3.8) is 0 Å². The molecule has 1 fully saturated rings. The van der Waals surface area contributed by atoms with E-state index in [1.807, 2.05) is 50.4 Å². The first kappa shape index (κ1) is 20.1. The molecular weight excluding hydrogens is 374 g/mol. The smallest absolute Gasteiger partial charge is 0.247 e. The summed E-state index contributed by atoms with van der Waals surface area (Å²) in [5.74, 6) is 0.537. The topological polar surface area (TPSA) is 71.5 Å². The lowest BCUT2D eigenvalue weighted by Gasteiger charge is -2.36. The first-order chi connectivity index (χ1) is 13.4. The van der Waals surface area contributed by atoms with Gasteiger partial charge in [-0.25, -0.2) is 4.98 Å². The van der Waals surface area contributed by atoms with Gasteiger partial charge >= 0.3 is 0 Å². The largest absolute Gasteiger partial charge is 0.487 e. The van der Waals surface area contributed by atoms with E-state index in [-0.39, 0.29) is 17.7 Å². The molecule has 1 aromatic carbocycles. The van der Waals surface area contributed by atoms with Crippen LogP contribution in [0.1, 0.15) is 30.1 Å². The van der Waals surface area contributed by atoms with Crippen molar-refractivity contribution in [1.29, 1.82) is 0 Å². The van der Waals surface area contributed by atoms with E-state index >= 15 is 0 Å². The number of hydrogen-bond donors (Lipinski definition) is 1. The quantitative estimate of drug-likeness (QED) is 0.758. The monoisotopic (exact) mass is 399 g/mol. The van der Waals surface area contributed by atoms with Crippen LogP contribution in [0, 0.1) is 12.8 Å². The number of carbonyl (C=O) groups excluding carboxylic acids is 2. The third-order valence-electron chi connectivity index (χ3n) is 4.50. The molecule has 1 aromatic heterocycles. The molecule has 6 nitrogen and oxygen atoms in total. The number of ether oxygens (including phenoxy) is 1. The standard InChI is InChI=1S/C21H25N3O3S/c1-14(2)20-21(26)22-9-10-24(20)19(25)8-7-16-5-4-6-18(11-16)27-12-17-13-28-15(3)23-17/h4-8,11,13-14,20H,9-10,12H2,1-3H3,(H,22,26)/b8-7+. The van der Waals surface area contributed by atoms with Gasteiger partial charge in [0.15, 0.2) is 0 Å². The fourth-order valence-corrected chi connectivity index (χ4v) is 3.80. The minimum absolute atomic E-state index is 0.0590. The van der Waals surface area contributed by atoms with Crippen molar-refractivity contribution in [1.82, 2.24) is 15.2 Å². The van der Waals surface area contributed by atoms with Gasteiger partial charge in [0, 0.05) is 24.5 Å². The Morgan fingerprint density at radius 3 is 3.00 bits per heavy atom. The highest BCUT2D eigenvalue weighted by Crippen LogP contribution is 2.18. The molecule has 3 rings (SSSR count). The van der Waals surface area contributed by atoms with Crippen molar-refractivity contribution in [2.75, 3.05) is 13.1 Å². The van der Waals surface area contributed by atoms with E-state index in [0.29, 0.717) is 19.7 Å². The van der Waals surface area contributed by atoms with Gasteiger partial charge in [-0.3, -0.25) is 9.59 Å². The Hall–Kier alpha value is -2.67. The van der Waals surface area contributed by atoms with Crippen LogP contribution in [-0.4, -0.2) is 40.8 Å². The first-order valence-corrected chi connectivity index (χ1v) is 10.2. The van der Waals surface area contributed by atoms with Crippen molar-refractivity contribution in [2.24, 2.45) is 5.92 Å². The molecule has 2 amide bonds. The average Bonchev–Trinajstić information content (AvgIpc) is 3.09. The highest BCUT2D eigenvalue weighted by atomic mass is 32.1. The van der Waals surface area contributed by atoms with Crippen LogP contribution in [0.5, 0.6) is 5.75 Å². The van der Waals surface area contributed by atoms with E-state index in [4.69, 9.17) is 4.74 Å². The van der Waals surface area contributed by atoms with Crippen molar-refractivity contribution in [2.45, 2.75) is 33.4 Å². The van der Waals surface area contributed by atoms with Crippen molar-refractivity contribution in [3.05, 3.63) is 52.0 Å². The molecule has 1 N–H and O–H groups in total. The third-order valence-corrected chi connectivity index (χ3v) is 5.32. The number of piperazine rings is 1. The van der Waals surface area contributed by atoms with Crippen LogP contribution >= 0.6 is 11.3 Å². The summed E-state index contributed by atoms with van der Waals surface area (Å²) >= 11 is 1.60. The Balaban J connectivity index is 1.64. The van der Waals surface area contributed by atoms with Gasteiger partial charge in [0.2, 0.25) is 11.8 Å². The Bertz CT molecular complexity index is 875. The van der Waals surface area contributed by atoms with Crippen LogP contribution in [0.4, 0.5) is 0 Å². The van der Waals surface area contributed by atoms with Gasteiger partial charge in [0.25, 0.3) is 0 Å². The van der Waals surface area contributed by atoms with E-state index in [1.54, 1.807) is 22.3 Å². The first-order valence-electron chi connectivity index (χ1n) is 9.34. The number of thiazole rings is 1. The van der Waals surface area contributed by atoms with E-state index in [2.05, 4.69) is 10.3 Å². The number of amides is 2. The molecule has 1 atom stereocenters. The summed E-state index contributed by atoms with van der Waals surface area (Å²) in [6, 6.07) is 7.12. The molecule has 0 radical (unpaired) electrons. The van der Waals surface area contributed by atoms with Crippen LogP contribution in [-0.2, 0) is 16.2 Å². The molecule has 0 bridgehead atoms. The van der Waals surface area contributed by atoms with Gasteiger partial charge in [-0.05, 0) is 36.6 Å². The molecule has 2 heterocycles. The molecule has 0 aliphatic carbocycles. The number of rotatable bonds is 6. The SMILES string of the molecule is Cc1nc(COc2cccc(/C=C/C(=O)N3CCNC(=O)C3C(C)C)c2)cs1. The number of carbonyl (C=O) groups is 2. The zero-order valence-corrected chi connectivity index (χ0v) is 17.2. The maximum Gasteiger partial charge on any atom is 0.247 e. The van der Waals surface area contributed by atoms with Crippen LogP contribution in [0.2, 0.25) is 0 Å². The fourth-order valence-electron chi connectivity index (χ4n) is 3.20. The maximum atomic E-state index is 12.7. The van der Waals surface area contributed by atoms with Crippen molar-refractivity contribution >= 4 is 29.2 Å². The summed E-state index contributed by atoms with van der Waals surface area (Å²) in [6.45, 7) is 7.28. The molecule has 1 aliphatic heterocycles. The van der Waals surface area contributed by atoms with Crippen LogP contribution in [0.3, 0.4) is 0 Å².